The number of hydrogen-bond donors (Lipinski definition) is 2. The Kier molecular flexibility index (Phi) is 4.46. The zero-order valence-corrected chi connectivity index (χ0v) is 12.7. The number of methoxy groups -OCH3 is 1. The van der Waals surface area contributed by atoms with E-state index in [2.05, 4.69) is 16.9 Å². The lowest BCUT2D eigenvalue weighted by Gasteiger charge is -2.38. The molecule has 1 aliphatic carbocycles. The van der Waals surface area contributed by atoms with Crippen LogP contribution < -0.4 is 5.56 Å². The lowest BCUT2D eigenvalue weighted by atomic mass is 9.78. The highest BCUT2D eigenvalue weighted by atomic mass is 16.5. The number of carboxylic acid groups (broad SMARTS) is 1. The molecular weight excluding hydrogens is 272 g/mol. The number of H-pyrrole nitrogens is 1. The summed E-state index contributed by atoms with van der Waals surface area (Å²) in [5.74, 6) is -0.0120. The molecule has 1 aromatic rings. The van der Waals surface area contributed by atoms with Crippen LogP contribution >= 0.6 is 0 Å². The maximum atomic E-state index is 12.2. The Morgan fingerprint density at radius 3 is 2.81 bits per heavy atom. The average molecular weight is 294 g/mol. The van der Waals surface area contributed by atoms with E-state index in [1.807, 2.05) is 0 Å². The molecule has 0 aromatic carbocycles. The molecule has 6 nitrogen and oxygen atoms in total. The van der Waals surface area contributed by atoms with Crippen molar-refractivity contribution >= 4 is 5.97 Å². The summed E-state index contributed by atoms with van der Waals surface area (Å²) in [5, 5.41) is 8.86. The number of aromatic nitrogens is 2. The summed E-state index contributed by atoms with van der Waals surface area (Å²) < 4.78 is 5.72. The quantitative estimate of drug-likeness (QED) is 0.882. The average Bonchev–Trinajstić information content (AvgIpc) is 2.42. The van der Waals surface area contributed by atoms with Crippen LogP contribution in [0, 0.1) is 12.8 Å². The molecule has 116 valence electrons. The van der Waals surface area contributed by atoms with Crippen molar-refractivity contribution < 1.29 is 14.6 Å². The van der Waals surface area contributed by atoms with Crippen LogP contribution in [0.15, 0.2) is 4.79 Å². The highest BCUT2D eigenvalue weighted by Crippen LogP contribution is 2.40. The third-order valence-corrected chi connectivity index (χ3v) is 4.33. The predicted octanol–water partition coefficient (Wildman–Crippen LogP) is 1.76. The molecule has 0 aliphatic heterocycles. The van der Waals surface area contributed by atoms with E-state index in [9.17, 15) is 9.59 Å². The lowest BCUT2D eigenvalue weighted by molar-refractivity contribution is -0.136. The Labute approximate surface area is 123 Å². The number of aromatic amines is 1. The van der Waals surface area contributed by atoms with Gasteiger partial charge in [0.1, 0.15) is 11.4 Å². The van der Waals surface area contributed by atoms with Gasteiger partial charge in [0.2, 0.25) is 0 Å². The fourth-order valence-corrected chi connectivity index (χ4v) is 3.19. The van der Waals surface area contributed by atoms with Crippen molar-refractivity contribution in [1.82, 2.24) is 9.97 Å². The van der Waals surface area contributed by atoms with E-state index in [1.54, 1.807) is 14.0 Å². The first-order chi connectivity index (χ1) is 9.88. The monoisotopic (exact) mass is 294 g/mol. The summed E-state index contributed by atoms with van der Waals surface area (Å²) in [5.41, 5.74) is -0.273. The van der Waals surface area contributed by atoms with Crippen molar-refractivity contribution in [2.45, 2.75) is 51.6 Å². The van der Waals surface area contributed by atoms with E-state index < -0.39 is 11.6 Å². The van der Waals surface area contributed by atoms with Gasteiger partial charge in [-0.2, -0.15) is 0 Å². The standard InChI is InChI=1S/C15H22N2O4/c1-9-5-4-6-15(8-9,21-3)14-16-10(2)11(7-12(18)19)13(20)17-14/h9H,4-8H2,1-3H3,(H,18,19)(H,16,17,20). The maximum Gasteiger partial charge on any atom is 0.308 e. The first-order valence-corrected chi connectivity index (χ1v) is 7.25. The van der Waals surface area contributed by atoms with E-state index in [-0.39, 0.29) is 17.5 Å². The van der Waals surface area contributed by atoms with Gasteiger partial charge in [0.15, 0.2) is 0 Å². The molecule has 1 aliphatic rings. The van der Waals surface area contributed by atoms with E-state index in [0.717, 1.165) is 25.7 Å². The molecule has 1 saturated carbocycles. The van der Waals surface area contributed by atoms with Crippen molar-refractivity contribution in [1.29, 1.82) is 0 Å². The molecule has 0 saturated heterocycles. The molecule has 0 radical (unpaired) electrons. The van der Waals surface area contributed by atoms with Gasteiger partial charge in [-0.25, -0.2) is 4.98 Å². The fraction of sp³-hybridized carbons (Fsp3) is 0.667. The summed E-state index contributed by atoms with van der Waals surface area (Å²) in [7, 11) is 1.64. The van der Waals surface area contributed by atoms with Gasteiger partial charge in [-0.15, -0.1) is 0 Å². The van der Waals surface area contributed by atoms with Crippen LogP contribution in [0.2, 0.25) is 0 Å². The number of aliphatic carboxylic acids is 1. The van der Waals surface area contributed by atoms with Gasteiger partial charge in [-0.1, -0.05) is 13.3 Å². The minimum absolute atomic E-state index is 0.210. The number of nitrogens with zero attached hydrogens (tertiary/aromatic N) is 1. The van der Waals surface area contributed by atoms with Gasteiger partial charge in [-0.05, 0) is 32.1 Å². The smallest absolute Gasteiger partial charge is 0.308 e. The minimum Gasteiger partial charge on any atom is -0.481 e. The molecular formula is C15H22N2O4. The van der Waals surface area contributed by atoms with Gasteiger partial charge in [-0.3, -0.25) is 9.59 Å². The summed E-state index contributed by atoms with van der Waals surface area (Å²) in [6.07, 6.45) is 3.48. The second-order valence-electron chi connectivity index (χ2n) is 5.95. The largest absolute Gasteiger partial charge is 0.481 e. The molecule has 0 bridgehead atoms. The van der Waals surface area contributed by atoms with Crippen LogP contribution in [0.5, 0.6) is 0 Å². The zero-order valence-electron chi connectivity index (χ0n) is 12.7. The highest BCUT2D eigenvalue weighted by Gasteiger charge is 2.39. The lowest BCUT2D eigenvalue weighted by Crippen LogP contribution is -2.38. The minimum atomic E-state index is -1.04. The van der Waals surface area contributed by atoms with Crippen molar-refractivity contribution in [2.24, 2.45) is 5.92 Å². The molecule has 2 N–H and O–H groups in total. The second-order valence-corrected chi connectivity index (χ2v) is 5.95. The first kappa shape index (κ1) is 15.7. The first-order valence-electron chi connectivity index (χ1n) is 7.25. The van der Waals surface area contributed by atoms with Crippen molar-refractivity contribution in [3.8, 4) is 0 Å². The molecule has 0 spiro atoms. The molecule has 2 unspecified atom stereocenters. The Morgan fingerprint density at radius 1 is 1.57 bits per heavy atom. The number of carboxylic acids is 1. The normalized spacial score (nSPS) is 25.8. The zero-order chi connectivity index (χ0) is 15.6. The molecule has 2 atom stereocenters. The van der Waals surface area contributed by atoms with Gasteiger partial charge < -0.3 is 14.8 Å². The molecule has 2 rings (SSSR count). The van der Waals surface area contributed by atoms with Gasteiger partial charge >= 0.3 is 5.97 Å². The third kappa shape index (κ3) is 3.15. The van der Waals surface area contributed by atoms with Crippen LogP contribution in [0.1, 0.15) is 49.7 Å². The van der Waals surface area contributed by atoms with Crippen molar-refractivity contribution in [3.05, 3.63) is 27.4 Å². The van der Waals surface area contributed by atoms with E-state index in [0.29, 0.717) is 17.4 Å². The summed E-state index contributed by atoms with van der Waals surface area (Å²) in [4.78, 5) is 30.2. The summed E-state index contributed by atoms with van der Waals surface area (Å²) >= 11 is 0. The second kappa shape index (κ2) is 5.97. The predicted molar refractivity (Wildman–Crippen MR) is 77.3 cm³/mol. The molecule has 21 heavy (non-hydrogen) atoms. The topological polar surface area (TPSA) is 92.3 Å². The van der Waals surface area contributed by atoms with Crippen LogP contribution in [0.4, 0.5) is 0 Å². The van der Waals surface area contributed by atoms with E-state index in [4.69, 9.17) is 9.84 Å². The van der Waals surface area contributed by atoms with E-state index in [1.165, 1.54) is 0 Å². The summed E-state index contributed by atoms with van der Waals surface area (Å²) in [6.45, 7) is 3.84. The molecule has 1 fully saturated rings. The van der Waals surface area contributed by atoms with Crippen LogP contribution in [0.3, 0.4) is 0 Å². The van der Waals surface area contributed by atoms with Crippen LogP contribution in [0.25, 0.3) is 0 Å². The molecule has 1 aromatic heterocycles. The van der Waals surface area contributed by atoms with Crippen molar-refractivity contribution in [3.63, 3.8) is 0 Å². The Bertz CT molecular complexity index is 596. The Morgan fingerprint density at radius 2 is 2.29 bits per heavy atom. The van der Waals surface area contributed by atoms with Gasteiger partial charge in [0.25, 0.3) is 5.56 Å². The number of nitrogens with one attached hydrogen (secondary N) is 1. The van der Waals surface area contributed by atoms with Gasteiger partial charge in [0.05, 0.1) is 6.42 Å². The Balaban J connectivity index is 2.44. The number of rotatable bonds is 4. The van der Waals surface area contributed by atoms with Crippen LogP contribution in [-0.4, -0.2) is 28.2 Å². The van der Waals surface area contributed by atoms with Gasteiger partial charge in [0, 0.05) is 18.4 Å². The van der Waals surface area contributed by atoms with Crippen molar-refractivity contribution in [2.75, 3.05) is 7.11 Å². The SMILES string of the molecule is COC1(c2nc(C)c(CC(=O)O)c(=O)[nH]2)CCCC(C)C1. The highest BCUT2D eigenvalue weighted by molar-refractivity contribution is 5.70. The summed E-state index contributed by atoms with van der Waals surface area (Å²) in [6, 6.07) is 0. The number of aryl methyl sites for hydroxylation is 1. The molecule has 0 amide bonds. The number of carbonyl (C=O) groups is 1. The molecule has 1 heterocycles. The number of hydrogen-bond acceptors (Lipinski definition) is 4. The van der Waals surface area contributed by atoms with E-state index >= 15 is 0 Å². The molecule has 6 heteroatoms. The third-order valence-electron chi connectivity index (χ3n) is 4.33. The Hall–Kier alpha value is -1.69. The fourth-order valence-electron chi connectivity index (χ4n) is 3.19. The maximum absolute atomic E-state index is 12.2. The van der Waals surface area contributed by atoms with Crippen LogP contribution in [-0.2, 0) is 21.6 Å². The number of ether oxygens (including phenoxy) is 1.